The number of hydrogen-bond donors (Lipinski definition) is 1. The molecule has 26 heavy (non-hydrogen) atoms. The Kier molecular flexibility index (Phi) is 4.95. The number of thiazole rings is 1. The zero-order valence-electron chi connectivity index (χ0n) is 14.3. The SMILES string of the molecule is C/C=C(\I)N1CCc2cccc(C(=O)Nc3nc4ccccc4s3)c2C1. The van der Waals surface area contributed by atoms with Gasteiger partial charge >= 0.3 is 0 Å². The summed E-state index contributed by atoms with van der Waals surface area (Å²) in [6.07, 6.45) is 3.06. The number of para-hydroxylation sites is 1. The molecule has 0 radical (unpaired) electrons. The lowest BCUT2D eigenvalue weighted by molar-refractivity contribution is 0.102. The van der Waals surface area contributed by atoms with E-state index < -0.39 is 0 Å². The van der Waals surface area contributed by atoms with Crippen molar-refractivity contribution in [1.82, 2.24) is 9.88 Å². The Bertz CT molecular complexity index is 978. The number of nitrogens with one attached hydrogen (secondary N) is 1. The number of allylic oxidation sites excluding steroid dienone is 1. The van der Waals surface area contributed by atoms with Gasteiger partial charge in [-0.1, -0.05) is 41.7 Å². The maximum atomic E-state index is 12.9. The summed E-state index contributed by atoms with van der Waals surface area (Å²) in [6, 6.07) is 13.9. The van der Waals surface area contributed by atoms with Crippen LogP contribution in [0.5, 0.6) is 0 Å². The van der Waals surface area contributed by atoms with Crippen molar-refractivity contribution < 1.29 is 4.79 Å². The topological polar surface area (TPSA) is 45.2 Å². The Balaban J connectivity index is 1.62. The Morgan fingerprint density at radius 2 is 2.12 bits per heavy atom. The molecule has 1 N–H and O–H groups in total. The molecule has 2 aromatic carbocycles. The number of hydrogen-bond acceptors (Lipinski definition) is 4. The van der Waals surface area contributed by atoms with Crippen molar-refractivity contribution in [1.29, 1.82) is 0 Å². The molecule has 0 saturated heterocycles. The van der Waals surface area contributed by atoms with Crippen LogP contribution in [0.25, 0.3) is 10.2 Å². The number of halogens is 1. The van der Waals surface area contributed by atoms with Gasteiger partial charge in [-0.05, 0) is 65.3 Å². The molecule has 1 aliphatic heterocycles. The molecule has 132 valence electrons. The van der Waals surface area contributed by atoms with Gasteiger partial charge in [0.25, 0.3) is 5.91 Å². The molecule has 1 amide bonds. The normalized spacial score (nSPS) is 14.4. The van der Waals surface area contributed by atoms with Gasteiger partial charge in [0.15, 0.2) is 5.13 Å². The molecule has 0 unspecified atom stereocenters. The molecule has 0 saturated carbocycles. The molecule has 0 bridgehead atoms. The molecule has 0 aliphatic carbocycles. The summed E-state index contributed by atoms with van der Waals surface area (Å²) in [5.74, 6) is -0.0850. The molecule has 6 heteroatoms. The van der Waals surface area contributed by atoms with E-state index >= 15 is 0 Å². The van der Waals surface area contributed by atoms with Gasteiger partial charge in [0, 0.05) is 18.7 Å². The summed E-state index contributed by atoms with van der Waals surface area (Å²) >= 11 is 3.86. The van der Waals surface area contributed by atoms with Crippen molar-refractivity contribution in [2.24, 2.45) is 0 Å². The molecule has 4 nitrogen and oxygen atoms in total. The lowest BCUT2D eigenvalue weighted by atomic mass is 9.94. The monoisotopic (exact) mass is 475 g/mol. The van der Waals surface area contributed by atoms with E-state index in [1.54, 1.807) is 0 Å². The molecule has 1 aromatic heterocycles. The third-order valence-corrected chi connectivity index (χ3v) is 6.83. The summed E-state index contributed by atoms with van der Waals surface area (Å²) in [6.45, 7) is 3.79. The van der Waals surface area contributed by atoms with E-state index in [0.717, 1.165) is 40.9 Å². The van der Waals surface area contributed by atoms with Crippen LogP contribution in [0.15, 0.2) is 52.2 Å². The zero-order chi connectivity index (χ0) is 18.1. The van der Waals surface area contributed by atoms with E-state index in [1.165, 1.54) is 20.6 Å². The Morgan fingerprint density at radius 3 is 2.92 bits per heavy atom. The van der Waals surface area contributed by atoms with Gasteiger partial charge in [-0.3, -0.25) is 10.1 Å². The first kappa shape index (κ1) is 17.5. The summed E-state index contributed by atoms with van der Waals surface area (Å²) in [5, 5.41) is 3.63. The van der Waals surface area contributed by atoms with E-state index in [1.807, 2.05) is 43.3 Å². The first-order chi connectivity index (χ1) is 12.7. The molecule has 3 aromatic rings. The molecule has 0 spiro atoms. The highest BCUT2D eigenvalue weighted by molar-refractivity contribution is 14.1. The summed E-state index contributed by atoms with van der Waals surface area (Å²) in [7, 11) is 0. The third kappa shape index (κ3) is 3.35. The van der Waals surface area contributed by atoms with E-state index in [0.29, 0.717) is 5.13 Å². The minimum Gasteiger partial charge on any atom is -0.362 e. The van der Waals surface area contributed by atoms with Crippen molar-refractivity contribution in [3.8, 4) is 0 Å². The number of amides is 1. The van der Waals surface area contributed by atoms with Crippen LogP contribution in [-0.4, -0.2) is 22.3 Å². The first-order valence-electron chi connectivity index (χ1n) is 8.50. The quantitative estimate of drug-likeness (QED) is 0.418. The van der Waals surface area contributed by atoms with Gasteiger partial charge in [0.1, 0.15) is 0 Å². The van der Waals surface area contributed by atoms with Crippen LogP contribution >= 0.6 is 33.9 Å². The van der Waals surface area contributed by atoms with Gasteiger partial charge in [0.2, 0.25) is 0 Å². The number of nitrogens with zero attached hydrogens (tertiary/aromatic N) is 2. The predicted molar refractivity (Wildman–Crippen MR) is 116 cm³/mol. The fourth-order valence-electron chi connectivity index (χ4n) is 3.25. The molecular weight excluding hydrogens is 457 g/mol. The molecular formula is C20H18IN3OS. The highest BCUT2D eigenvalue weighted by atomic mass is 127. The molecule has 0 fully saturated rings. The van der Waals surface area contributed by atoms with Crippen LogP contribution in [0, 0.1) is 0 Å². The van der Waals surface area contributed by atoms with E-state index in [-0.39, 0.29) is 5.91 Å². The second-order valence-electron chi connectivity index (χ2n) is 6.17. The summed E-state index contributed by atoms with van der Waals surface area (Å²) in [4.78, 5) is 19.8. The van der Waals surface area contributed by atoms with E-state index in [9.17, 15) is 4.79 Å². The van der Waals surface area contributed by atoms with E-state index in [4.69, 9.17) is 0 Å². The Morgan fingerprint density at radius 1 is 1.27 bits per heavy atom. The van der Waals surface area contributed by atoms with Crippen molar-refractivity contribution in [3.63, 3.8) is 0 Å². The van der Waals surface area contributed by atoms with Crippen molar-refractivity contribution in [3.05, 3.63) is 68.9 Å². The van der Waals surface area contributed by atoms with Crippen LogP contribution < -0.4 is 5.32 Å². The maximum absolute atomic E-state index is 12.9. The number of carbonyl (C=O) groups is 1. The Labute approximate surface area is 170 Å². The standard InChI is InChI=1S/C20H18IN3OS/c1-2-18(21)24-11-10-13-6-5-7-14(15(13)12-24)19(25)23-20-22-16-8-3-4-9-17(16)26-20/h2-9H,10-12H2,1H3,(H,22,23,25)/b18-2+. The van der Waals surface area contributed by atoms with Crippen LogP contribution in [0.1, 0.15) is 28.4 Å². The van der Waals surface area contributed by atoms with Crippen LogP contribution in [0.3, 0.4) is 0 Å². The second-order valence-corrected chi connectivity index (χ2v) is 8.30. The van der Waals surface area contributed by atoms with E-state index in [2.05, 4.69) is 49.9 Å². The highest BCUT2D eigenvalue weighted by Gasteiger charge is 2.22. The van der Waals surface area contributed by atoms with Crippen LogP contribution in [0.4, 0.5) is 5.13 Å². The summed E-state index contributed by atoms with van der Waals surface area (Å²) in [5.41, 5.74) is 4.04. The zero-order valence-corrected chi connectivity index (χ0v) is 17.3. The van der Waals surface area contributed by atoms with Gasteiger partial charge in [-0.2, -0.15) is 0 Å². The minimum atomic E-state index is -0.0850. The van der Waals surface area contributed by atoms with Crippen molar-refractivity contribution >= 4 is 55.2 Å². The van der Waals surface area contributed by atoms with Gasteiger partial charge in [-0.15, -0.1) is 0 Å². The molecule has 1 aliphatic rings. The average molecular weight is 475 g/mol. The van der Waals surface area contributed by atoms with Crippen LogP contribution in [-0.2, 0) is 13.0 Å². The van der Waals surface area contributed by atoms with Crippen molar-refractivity contribution in [2.45, 2.75) is 19.9 Å². The molecule has 0 atom stereocenters. The lowest BCUT2D eigenvalue weighted by Gasteiger charge is -2.31. The second kappa shape index (κ2) is 7.36. The largest absolute Gasteiger partial charge is 0.362 e. The number of fused-ring (bicyclic) bond motifs is 2. The van der Waals surface area contributed by atoms with Gasteiger partial charge in [0.05, 0.1) is 13.9 Å². The third-order valence-electron chi connectivity index (χ3n) is 4.57. The molecule has 4 rings (SSSR count). The van der Waals surface area contributed by atoms with Crippen molar-refractivity contribution in [2.75, 3.05) is 11.9 Å². The van der Waals surface area contributed by atoms with Gasteiger partial charge < -0.3 is 4.90 Å². The number of carbonyl (C=O) groups excluding carboxylic acids is 1. The number of benzene rings is 2. The van der Waals surface area contributed by atoms with Crippen LogP contribution in [0.2, 0.25) is 0 Å². The summed E-state index contributed by atoms with van der Waals surface area (Å²) < 4.78 is 2.29. The fraction of sp³-hybridized carbons (Fsp3) is 0.200. The number of rotatable bonds is 3. The lowest BCUT2D eigenvalue weighted by Crippen LogP contribution is -2.30. The first-order valence-corrected chi connectivity index (χ1v) is 10.4. The highest BCUT2D eigenvalue weighted by Crippen LogP contribution is 2.29. The minimum absolute atomic E-state index is 0.0850. The molecule has 2 heterocycles. The maximum Gasteiger partial charge on any atom is 0.257 e. The predicted octanol–water partition coefficient (Wildman–Crippen LogP) is 5.20. The number of aromatic nitrogens is 1. The Hall–Kier alpha value is -1.93. The van der Waals surface area contributed by atoms with Gasteiger partial charge in [-0.25, -0.2) is 4.98 Å². The smallest absolute Gasteiger partial charge is 0.257 e. The average Bonchev–Trinajstić information content (AvgIpc) is 3.08. The fourth-order valence-corrected chi connectivity index (χ4v) is 4.52. The number of anilines is 1.